The highest BCUT2D eigenvalue weighted by Crippen LogP contribution is 2.42. The Labute approximate surface area is 132 Å². The summed E-state index contributed by atoms with van der Waals surface area (Å²) >= 11 is 1.45. The van der Waals surface area contributed by atoms with Crippen molar-refractivity contribution < 1.29 is 18.4 Å². The first kappa shape index (κ1) is 15.1. The molecule has 1 heterocycles. The minimum Gasteiger partial charge on any atom is -0.494 e. The van der Waals surface area contributed by atoms with Crippen molar-refractivity contribution in [2.45, 2.75) is 24.5 Å². The van der Waals surface area contributed by atoms with Crippen LogP contribution in [-0.2, 0) is 5.75 Å². The molecule has 0 atom stereocenters. The van der Waals surface area contributed by atoms with Gasteiger partial charge in [-0.25, -0.2) is 4.39 Å². The molecule has 2 aromatic rings. The van der Waals surface area contributed by atoms with Gasteiger partial charge < -0.3 is 9.26 Å². The molecule has 6 heteroatoms. The van der Waals surface area contributed by atoms with Crippen molar-refractivity contribution in [3.8, 4) is 5.75 Å². The molecule has 0 bridgehead atoms. The van der Waals surface area contributed by atoms with Crippen LogP contribution in [0.25, 0.3) is 0 Å². The number of halogens is 1. The topological polar surface area (TPSA) is 52.3 Å². The Morgan fingerprint density at radius 2 is 2.23 bits per heavy atom. The smallest absolute Gasteiger partial charge is 0.198 e. The first-order valence-corrected chi connectivity index (χ1v) is 8.40. The molecule has 0 saturated heterocycles. The Balaban J connectivity index is 2.04. The van der Waals surface area contributed by atoms with Crippen LogP contribution < -0.4 is 4.74 Å². The number of ketones is 1. The molecule has 1 aromatic carbocycles. The molecule has 1 saturated carbocycles. The van der Waals surface area contributed by atoms with Crippen LogP contribution in [0.2, 0.25) is 0 Å². The van der Waals surface area contributed by atoms with Crippen LogP contribution >= 0.6 is 11.8 Å². The number of aromatic nitrogens is 1. The normalized spacial score (nSPS) is 14.1. The third-order valence-corrected chi connectivity index (χ3v) is 4.33. The van der Waals surface area contributed by atoms with Gasteiger partial charge in [-0.15, -0.1) is 0 Å². The zero-order valence-corrected chi connectivity index (χ0v) is 13.2. The molecule has 0 spiro atoms. The Bertz CT molecular complexity index is 709. The van der Waals surface area contributed by atoms with Gasteiger partial charge >= 0.3 is 0 Å². The molecule has 1 fully saturated rings. The van der Waals surface area contributed by atoms with Crippen LogP contribution in [0.3, 0.4) is 0 Å². The average Bonchev–Trinajstić information content (AvgIpc) is 3.25. The molecule has 116 valence electrons. The molecule has 0 amide bonds. The maximum absolute atomic E-state index is 14.5. The largest absolute Gasteiger partial charge is 0.494 e. The molecule has 22 heavy (non-hydrogen) atoms. The van der Waals surface area contributed by atoms with E-state index in [9.17, 15) is 9.18 Å². The van der Waals surface area contributed by atoms with Crippen LogP contribution in [0.15, 0.2) is 22.9 Å². The van der Waals surface area contributed by atoms with Crippen LogP contribution in [0.4, 0.5) is 4.39 Å². The molecule has 0 radical (unpaired) electrons. The lowest BCUT2D eigenvalue weighted by atomic mass is 9.98. The van der Waals surface area contributed by atoms with E-state index in [-0.39, 0.29) is 17.5 Å². The Morgan fingerprint density at radius 3 is 2.86 bits per heavy atom. The van der Waals surface area contributed by atoms with E-state index in [1.165, 1.54) is 31.1 Å². The summed E-state index contributed by atoms with van der Waals surface area (Å²) in [6, 6.07) is 3.09. The van der Waals surface area contributed by atoms with Gasteiger partial charge in [0.15, 0.2) is 23.1 Å². The highest BCUT2D eigenvalue weighted by molar-refractivity contribution is 7.97. The fourth-order valence-corrected chi connectivity index (χ4v) is 3.03. The van der Waals surface area contributed by atoms with Crippen molar-refractivity contribution >= 4 is 17.5 Å². The zero-order valence-electron chi connectivity index (χ0n) is 12.4. The van der Waals surface area contributed by atoms with Crippen molar-refractivity contribution in [1.82, 2.24) is 5.16 Å². The van der Waals surface area contributed by atoms with E-state index in [1.807, 2.05) is 6.26 Å². The highest BCUT2D eigenvalue weighted by Gasteiger charge is 2.33. The standard InChI is InChI=1S/C16H16FNO3S/c1-20-13-6-5-10(12(8-22-2)14(13)17)15(19)11-7-18-21-16(11)9-3-4-9/h5-7,9H,3-4,8H2,1-2H3. The van der Waals surface area contributed by atoms with Crippen molar-refractivity contribution in [2.24, 2.45) is 0 Å². The fourth-order valence-electron chi connectivity index (χ4n) is 2.46. The molecule has 1 aromatic heterocycles. The van der Waals surface area contributed by atoms with Crippen molar-refractivity contribution in [3.63, 3.8) is 0 Å². The average molecular weight is 321 g/mol. The Hall–Kier alpha value is -1.82. The number of thioether (sulfide) groups is 1. The van der Waals surface area contributed by atoms with Gasteiger partial charge in [-0.3, -0.25) is 4.79 Å². The first-order chi connectivity index (χ1) is 10.7. The van der Waals surface area contributed by atoms with E-state index in [4.69, 9.17) is 9.26 Å². The van der Waals surface area contributed by atoms with Crippen LogP contribution in [0, 0.1) is 5.82 Å². The van der Waals surface area contributed by atoms with Crippen molar-refractivity contribution in [1.29, 1.82) is 0 Å². The van der Waals surface area contributed by atoms with Crippen LogP contribution in [0.5, 0.6) is 5.75 Å². The third-order valence-electron chi connectivity index (χ3n) is 3.75. The van der Waals surface area contributed by atoms with E-state index in [1.54, 1.807) is 6.07 Å². The summed E-state index contributed by atoms with van der Waals surface area (Å²) in [4.78, 5) is 12.8. The summed E-state index contributed by atoms with van der Waals surface area (Å²) < 4.78 is 24.7. The summed E-state index contributed by atoms with van der Waals surface area (Å²) in [5.74, 6) is 0.716. The Morgan fingerprint density at radius 1 is 1.45 bits per heavy atom. The summed E-state index contributed by atoms with van der Waals surface area (Å²) in [5.41, 5.74) is 1.15. The number of hydrogen-bond donors (Lipinski definition) is 0. The minimum absolute atomic E-state index is 0.147. The van der Waals surface area contributed by atoms with E-state index >= 15 is 0 Å². The number of methoxy groups -OCH3 is 1. The maximum Gasteiger partial charge on any atom is 0.198 e. The van der Waals surface area contributed by atoms with Gasteiger partial charge in [0.2, 0.25) is 0 Å². The number of hydrogen-bond acceptors (Lipinski definition) is 5. The van der Waals surface area contributed by atoms with Gasteiger partial charge in [0, 0.05) is 22.8 Å². The predicted octanol–water partition coefficient (Wildman–Crippen LogP) is 3.79. The SMILES string of the molecule is COc1ccc(C(=O)c2cnoc2C2CC2)c(CSC)c1F. The van der Waals surface area contributed by atoms with Gasteiger partial charge in [0.1, 0.15) is 0 Å². The van der Waals surface area contributed by atoms with E-state index in [0.717, 1.165) is 12.8 Å². The number of benzene rings is 1. The molecule has 3 rings (SSSR count). The summed E-state index contributed by atoms with van der Waals surface area (Å²) in [7, 11) is 1.41. The number of ether oxygens (including phenoxy) is 1. The molecular weight excluding hydrogens is 305 g/mol. The van der Waals surface area contributed by atoms with Crippen molar-refractivity contribution in [3.05, 3.63) is 46.6 Å². The van der Waals surface area contributed by atoms with Crippen LogP contribution in [0.1, 0.15) is 46.0 Å². The molecule has 0 aliphatic heterocycles. The second kappa shape index (κ2) is 6.12. The van der Waals surface area contributed by atoms with Gasteiger partial charge in [-0.05, 0) is 31.2 Å². The monoisotopic (exact) mass is 321 g/mol. The second-order valence-corrected chi connectivity index (χ2v) is 6.11. The minimum atomic E-state index is -0.480. The van der Waals surface area contributed by atoms with Crippen molar-refractivity contribution in [2.75, 3.05) is 13.4 Å². The quantitative estimate of drug-likeness (QED) is 0.758. The lowest BCUT2D eigenvalue weighted by Gasteiger charge is -2.11. The predicted molar refractivity (Wildman–Crippen MR) is 82.1 cm³/mol. The number of carbonyl (C=O) groups excluding carboxylic acids is 1. The molecular formula is C16H16FNO3S. The zero-order chi connectivity index (χ0) is 15.7. The van der Waals surface area contributed by atoms with E-state index < -0.39 is 5.82 Å². The molecule has 0 N–H and O–H groups in total. The summed E-state index contributed by atoms with van der Waals surface area (Å²) in [5, 5.41) is 3.74. The molecule has 4 nitrogen and oxygen atoms in total. The first-order valence-electron chi connectivity index (χ1n) is 7.01. The van der Waals surface area contributed by atoms with Gasteiger partial charge in [0.05, 0.1) is 18.9 Å². The Kier molecular flexibility index (Phi) is 4.20. The number of carbonyl (C=O) groups is 1. The summed E-state index contributed by atoms with van der Waals surface area (Å²) in [6.45, 7) is 0. The van der Waals surface area contributed by atoms with E-state index in [0.29, 0.717) is 28.2 Å². The lowest BCUT2D eigenvalue weighted by molar-refractivity contribution is 0.103. The highest BCUT2D eigenvalue weighted by atomic mass is 32.2. The molecule has 1 aliphatic carbocycles. The van der Waals surface area contributed by atoms with E-state index in [2.05, 4.69) is 5.16 Å². The number of nitrogens with zero attached hydrogens (tertiary/aromatic N) is 1. The van der Waals surface area contributed by atoms with Gasteiger partial charge in [-0.2, -0.15) is 11.8 Å². The van der Waals surface area contributed by atoms with Gasteiger partial charge in [-0.1, -0.05) is 5.16 Å². The van der Waals surface area contributed by atoms with Gasteiger partial charge in [0.25, 0.3) is 0 Å². The third kappa shape index (κ3) is 2.63. The van der Waals surface area contributed by atoms with Crippen LogP contribution in [-0.4, -0.2) is 24.3 Å². The maximum atomic E-state index is 14.5. The number of rotatable bonds is 6. The second-order valence-electron chi connectivity index (χ2n) is 5.25. The fraction of sp³-hybridized carbons (Fsp3) is 0.375. The lowest BCUT2D eigenvalue weighted by Crippen LogP contribution is -2.09. The molecule has 1 aliphatic rings. The molecule has 0 unspecified atom stereocenters. The summed E-state index contributed by atoms with van der Waals surface area (Å²) in [6.07, 6.45) is 5.30.